The number of phenols is 3. The fraction of sp³-hybridized carbons (Fsp3) is 0.647. The highest BCUT2D eigenvalue weighted by Crippen LogP contribution is 2.34. The Morgan fingerprint density at radius 2 is 0.761 bits per heavy atom. The van der Waals surface area contributed by atoms with Gasteiger partial charge in [-0.25, -0.2) is 0 Å². The van der Waals surface area contributed by atoms with Gasteiger partial charge in [0.05, 0.1) is 6.23 Å². The predicted molar refractivity (Wildman–Crippen MR) is 314 cm³/mol. The van der Waals surface area contributed by atoms with Gasteiger partial charge in [-0.2, -0.15) is 0 Å². The van der Waals surface area contributed by atoms with Crippen LogP contribution in [0.4, 0.5) is 0 Å². The molecule has 4 N–H and O–H groups in total. The van der Waals surface area contributed by atoms with Gasteiger partial charge in [0.2, 0.25) is 0 Å². The van der Waals surface area contributed by atoms with Gasteiger partial charge in [0.25, 0.3) is 0 Å². The zero-order valence-corrected chi connectivity index (χ0v) is 53.0. The second-order valence-electron chi connectivity index (χ2n) is 17.8. The van der Waals surface area contributed by atoms with Crippen LogP contribution in [0.25, 0.3) is 0 Å². The number of rotatable bonds is 35. The summed E-state index contributed by atoms with van der Waals surface area (Å²) in [6.45, 7) is 23.6. The Kier molecular flexibility index (Phi) is 36.1. The van der Waals surface area contributed by atoms with Crippen LogP contribution < -0.4 is 0 Å². The molecule has 0 saturated heterocycles. The maximum Gasteiger partial charge on any atom is 0.364 e. The van der Waals surface area contributed by atoms with Crippen molar-refractivity contribution in [2.75, 3.05) is 84.1 Å². The minimum Gasteiger partial charge on any atom is -0.508 e. The van der Waals surface area contributed by atoms with Crippen LogP contribution in [0.5, 0.6) is 17.2 Å². The van der Waals surface area contributed by atoms with Crippen molar-refractivity contribution in [1.82, 2.24) is 0 Å². The van der Waals surface area contributed by atoms with Crippen LogP contribution >= 0.6 is 43.2 Å². The van der Waals surface area contributed by atoms with E-state index in [1.165, 1.54) is 24.3 Å². The van der Waals surface area contributed by atoms with Crippen molar-refractivity contribution >= 4 is 77.4 Å². The Morgan fingerprint density at radius 1 is 0.437 bits per heavy atom. The van der Waals surface area contributed by atoms with Gasteiger partial charge in [-0.05, 0) is 152 Å². The molecule has 3 aromatic carbocycles. The van der Waals surface area contributed by atoms with Crippen LogP contribution in [0.1, 0.15) is 92.3 Å². The van der Waals surface area contributed by atoms with Crippen molar-refractivity contribution in [1.29, 1.82) is 0 Å². The minimum atomic E-state index is -2.32. The molecule has 0 bridgehead atoms. The third kappa shape index (κ3) is 27.5. The first kappa shape index (κ1) is 68.0. The highest BCUT2D eigenvalue weighted by molar-refractivity contribution is 8.77. The number of phenolic OH excluding ortho intramolecular Hbond substituents is 3. The zero-order valence-electron chi connectivity index (χ0n) is 45.7. The van der Waals surface area contributed by atoms with Gasteiger partial charge in [0, 0.05) is 90.7 Å². The molecular formula is C51H92O12S4Si4. The van der Waals surface area contributed by atoms with E-state index in [0.29, 0.717) is 12.8 Å². The first-order chi connectivity index (χ1) is 33.8. The van der Waals surface area contributed by atoms with E-state index in [1.807, 2.05) is 100 Å². The Bertz CT molecular complexity index is 1760. The smallest absolute Gasteiger partial charge is 0.364 e. The van der Waals surface area contributed by atoms with Crippen LogP contribution in [0.15, 0.2) is 48.5 Å². The summed E-state index contributed by atoms with van der Waals surface area (Å²) < 4.78 is 45.2. The van der Waals surface area contributed by atoms with E-state index in [1.54, 1.807) is 40.6 Å². The van der Waals surface area contributed by atoms with E-state index < -0.39 is 34.2 Å². The van der Waals surface area contributed by atoms with Crippen molar-refractivity contribution < 1.29 is 55.8 Å². The highest BCUT2D eigenvalue weighted by Gasteiger charge is 2.34. The second-order valence-corrected chi connectivity index (χ2v) is 36.9. The molecule has 0 aliphatic carbocycles. The minimum absolute atomic E-state index is 0.0229. The molecule has 0 aliphatic heterocycles. The van der Waals surface area contributed by atoms with Crippen molar-refractivity contribution in [3.05, 3.63) is 87.5 Å². The quantitative estimate of drug-likeness (QED) is 0.0251. The molecule has 20 heteroatoms. The van der Waals surface area contributed by atoms with Crippen molar-refractivity contribution in [2.45, 2.75) is 131 Å². The molecule has 3 aromatic rings. The molecular weight excluding hydrogens is 1050 g/mol. The van der Waals surface area contributed by atoms with Gasteiger partial charge in [-0.15, -0.1) is 0 Å². The van der Waals surface area contributed by atoms with Gasteiger partial charge in [0.15, 0.2) is 0 Å². The lowest BCUT2D eigenvalue weighted by Gasteiger charge is -2.26. The van der Waals surface area contributed by atoms with Gasteiger partial charge in [0.1, 0.15) is 17.2 Å². The van der Waals surface area contributed by atoms with Crippen LogP contribution in [0, 0.1) is 20.8 Å². The molecule has 0 saturated carbocycles. The molecule has 0 aliphatic rings. The molecule has 0 amide bonds. The summed E-state index contributed by atoms with van der Waals surface area (Å²) in [5.74, 6) is 5.17. The Hall–Kier alpha value is -1.03. The van der Waals surface area contributed by atoms with Crippen LogP contribution in [0.2, 0.25) is 43.8 Å². The highest BCUT2D eigenvalue weighted by atomic mass is 33.1. The lowest BCUT2D eigenvalue weighted by Crippen LogP contribution is -2.44. The summed E-state index contributed by atoms with van der Waals surface area (Å²) in [5.41, 5.74) is 6.28. The largest absolute Gasteiger partial charge is 0.508 e. The summed E-state index contributed by atoms with van der Waals surface area (Å²) in [6.07, 6.45) is 5.40. The monoisotopic (exact) mass is 1140 g/mol. The van der Waals surface area contributed by atoms with Crippen LogP contribution in [-0.4, -0.2) is 139 Å². The molecule has 0 fully saturated rings. The van der Waals surface area contributed by atoms with Gasteiger partial charge in [-0.3, -0.25) is 0 Å². The maximum absolute atomic E-state index is 10.8. The summed E-state index contributed by atoms with van der Waals surface area (Å²) >= 11 is 0. The van der Waals surface area contributed by atoms with Gasteiger partial charge < -0.3 is 55.8 Å². The van der Waals surface area contributed by atoms with E-state index >= 15 is 0 Å². The van der Waals surface area contributed by atoms with E-state index in [4.69, 9.17) is 35.4 Å². The number of hydrogen-bond donors (Lipinski definition) is 4. The third-order valence-corrected chi connectivity index (χ3v) is 29.2. The average molecular weight is 1140 g/mol. The third-order valence-electron chi connectivity index (χ3n) is 11.8. The molecule has 0 spiro atoms. The lowest BCUT2D eigenvalue weighted by atomic mass is 9.94. The van der Waals surface area contributed by atoms with Crippen LogP contribution in [-0.2, 0) is 48.2 Å². The van der Waals surface area contributed by atoms with E-state index in [0.717, 1.165) is 114 Å². The zero-order chi connectivity index (χ0) is 53.4. The summed E-state index contributed by atoms with van der Waals surface area (Å²) in [5, 5.41) is 40.4. The Morgan fingerprint density at radius 3 is 1.07 bits per heavy atom. The van der Waals surface area contributed by atoms with Crippen molar-refractivity contribution in [3.63, 3.8) is 0 Å². The Labute approximate surface area is 449 Å². The standard InChI is InChI=1S/C23H24O3.C16H38O4S2Si2.C12H30O5S2Si2/c1-14-4-6-21(24)17(8-14)12-19-10-16(3)11-20(23(19)26)13-18-9-15(2)5-7-22(18)25;1-7-17-23(5,18-8-2)15-11-13-21-22-14-12-16-24(6,19-9-3)20-10-4;1-14-20(5,15-2)10-6-8-18-19-9-7-11-21(12-13,16-3)17-4/h4-11,24-26H,12-13H2,1-3H3;7-16H2,1-6H3;13H,6-12H2,1-5H3. The SMILES string of the molecule is CCO[Si](C)(CCCSSCCC[Si](C)(OCC)OCC)OCC.CO[Si](C)(CCCSSCCC[Si](CO)(OC)OC)OC.Cc1ccc(O)c(Cc2cc(C)cc(Cc3cc(C)ccc3O)c2O)c1. The molecule has 3 rings (SSSR count). The fourth-order valence-corrected chi connectivity index (χ4v) is 21.0. The average Bonchev–Trinajstić information content (AvgIpc) is 3.34. The molecule has 0 unspecified atom stereocenters. The molecule has 408 valence electrons. The first-order valence-electron chi connectivity index (χ1n) is 25.0. The lowest BCUT2D eigenvalue weighted by molar-refractivity contribution is 0.188. The molecule has 0 aromatic heterocycles. The molecule has 0 radical (unpaired) electrons. The van der Waals surface area contributed by atoms with E-state index in [2.05, 4.69) is 47.3 Å². The van der Waals surface area contributed by atoms with E-state index in [9.17, 15) is 20.4 Å². The number of benzene rings is 3. The van der Waals surface area contributed by atoms with Gasteiger partial charge in [-0.1, -0.05) is 96.3 Å². The van der Waals surface area contributed by atoms with Crippen molar-refractivity contribution in [3.8, 4) is 17.2 Å². The molecule has 0 heterocycles. The maximum atomic E-state index is 10.8. The summed E-state index contributed by atoms with van der Waals surface area (Å²) in [6, 6.07) is 18.9. The predicted octanol–water partition coefficient (Wildman–Crippen LogP) is 13.1. The number of aryl methyl sites for hydroxylation is 3. The van der Waals surface area contributed by atoms with Crippen molar-refractivity contribution in [2.24, 2.45) is 0 Å². The molecule has 12 nitrogen and oxygen atoms in total. The Balaban J connectivity index is 0.000000537. The number of aliphatic hydroxyl groups excluding tert-OH is 1. The normalized spacial score (nSPS) is 12.1. The van der Waals surface area contributed by atoms with Crippen LogP contribution in [0.3, 0.4) is 0 Å². The fourth-order valence-electron chi connectivity index (χ4n) is 7.70. The summed E-state index contributed by atoms with van der Waals surface area (Å²) in [4.78, 5) is 0. The topological polar surface area (TPSA) is 155 Å². The number of aromatic hydroxyl groups is 3. The molecule has 71 heavy (non-hydrogen) atoms. The second kappa shape index (κ2) is 37.7. The number of hydrogen-bond acceptors (Lipinski definition) is 16. The molecule has 0 atom stereocenters. The van der Waals surface area contributed by atoms with E-state index in [-0.39, 0.29) is 23.5 Å². The first-order valence-corrected chi connectivity index (χ1v) is 39.8. The summed E-state index contributed by atoms with van der Waals surface area (Å²) in [7, 11) is 6.37. The number of aliphatic hydroxyl groups is 1. The van der Waals surface area contributed by atoms with Gasteiger partial charge >= 0.3 is 34.2 Å².